The quantitative estimate of drug-likeness (QED) is 0.456. The van der Waals surface area contributed by atoms with E-state index in [0.29, 0.717) is 0 Å². The Morgan fingerprint density at radius 2 is 1.55 bits per heavy atom. The first-order valence-corrected chi connectivity index (χ1v) is 6.30. The summed E-state index contributed by atoms with van der Waals surface area (Å²) >= 11 is 2.85. The third-order valence-electron chi connectivity index (χ3n) is 2.72. The van der Waals surface area contributed by atoms with E-state index in [4.69, 9.17) is 0 Å². The molecule has 0 N–H and O–H groups in total. The number of carbonyl (C=O) groups is 1. The molecule has 0 bridgehead atoms. The lowest BCUT2D eigenvalue weighted by Gasteiger charge is -2.07. The molecule has 1 nitrogen and oxygen atoms in total. The maximum absolute atomic E-state index is 13.7. The maximum Gasteiger partial charge on any atom is 0.173 e. The molecule has 0 aromatic heterocycles. The zero-order valence-corrected chi connectivity index (χ0v) is 11.5. The van der Waals surface area contributed by atoms with Gasteiger partial charge in [0, 0.05) is 12.0 Å². The van der Waals surface area contributed by atoms with E-state index < -0.39 is 46.6 Å². The molecule has 2 aromatic rings. The van der Waals surface area contributed by atoms with Crippen molar-refractivity contribution >= 4 is 21.7 Å². The molecule has 0 aliphatic rings. The van der Waals surface area contributed by atoms with Crippen LogP contribution in [0.1, 0.15) is 15.9 Å². The number of hydrogen-bond acceptors (Lipinski definition) is 1. The molecule has 6 heteroatoms. The number of ketones is 1. The van der Waals surface area contributed by atoms with Gasteiger partial charge in [-0.2, -0.15) is 0 Å². The maximum atomic E-state index is 13.7. The van der Waals surface area contributed by atoms with E-state index in [1.54, 1.807) is 0 Å². The van der Waals surface area contributed by atoms with Crippen LogP contribution in [-0.2, 0) is 6.42 Å². The topological polar surface area (TPSA) is 17.1 Å². The van der Waals surface area contributed by atoms with Crippen molar-refractivity contribution in [2.24, 2.45) is 0 Å². The van der Waals surface area contributed by atoms with E-state index in [1.807, 2.05) is 0 Å². The van der Waals surface area contributed by atoms with Gasteiger partial charge < -0.3 is 0 Å². The molecule has 0 spiro atoms. The molecule has 2 aromatic carbocycles. The van der Waals surface area contributed by atoms with Crippen LogP contribution < -0.4 is 0 Å². The van der Waals surface area contributed by atoms with Crippen LogP contribution in [0.3, 0.4) is 0 Å². The first-order valence-electron chi connectivity index (χ1n) is 5.51. The SMILES string of the molecule is O=C(Cc1c(F)ccc(Br)c1F)c1c(F)cccc1F. The summed E-state index contributed by atoms with van der Waals surface area (Å²) in [5, 5.41) is 0. The van der Waals surface area contributed by atoms with Crippen molar-refractivity contribution in [1.29, 1.82) is 0 Å². The minimum absolute atomic E-state index is 0.0318. The highest BCUT2D eigenvalue weighted by molar-refractivity contribution is 9.10. The van der Waals surface area contributed by atoms with Gasteiger partial charge >= 0.3 is 0 Å². The fourth-order valence-corrected chi connectivity index (χ4v) is 2.12. The van der Waals surface area contributed by atoms with E-state index in [9.17, 15) is 22.4 Å². The van der Waals surface area contributed by atoms with E-state index >= 15 is 0 Å². The Bertz CT molecular complexity index is 665. The van der Waals surface area contributed by atoms with Crippen molar-refractivity contribution in [3.05, 3.63) is 69.2 Å². The van der Waals surface area contributed by atoms with Crippen molar-refractivity contribution in [2.45, 2.75) is 6.42 Å². The molecule has 0 aliphatic carbocycles. The zero-order valence-electron chi connectivity index (χ0n) is 9.89. The molecule has 104 valence electrons. The highest BCUT2D eigenvalue weighted by Crippen LogP contribution is 2.24. The summed E-state index contributed by atoms with van der Waals surface area (Å²) in [6, 6.07) is 5.02. The van der Waals surface area contributed by atoms with Crippen LogP contribution in [-0.4, -0.2) is 5.78 Å². The molecule has 0 fully saturated rings. The molecule has 0 saturated heterocycles. The molecule has 0 atom stereocenters. The minimum Gasteiger partial charge on any atom is -0.294 e. The Morgan fingerprint density at radius 3 is 2.15 bits per heavy atom. The van der Waals surface area contributed by atoms with Gasteiger partial charge in [0.25, 0.3) is 0 Å². The van der Waals surface area contributed by atoms with Gasteiger partial charge in [-0.25, -0.2) is 17.6 Å². The third kappa shape index (κ3) is 2.75. The Hall–Kier alpha value is -1.69. The molecular formula is C14H7BrF4O. The van der Waals surface area contributed by atoms with Crippen LogP contribution in [0.25, 0.3) is 0 Å². The molecule has 20 heavy (non-hydrogen) atoms. The Balaban J connectivity index is 2.41. The van der Waals surface area contributed by atoms with Crippen LogP contribution in [0.15, 0.2) is 34.8 Å². The van der Waals surface area contributed by atoms with E-state index in [2.05, 4.69) is 15.9 Å². The number of carbonyl (C=O) groups excluding carboxylic acids is 1. The minimum atomic E-state index is -1.06. The monoisotopic (exact) mass is 346 g/mol. The second-order valence-electron chi connectivity index (χ2n) is 4.02. The Morgan fingerprint density at radius 1 is 0.950 bits per heavy atom. The largest absolute Gasteiger partial charge is 0.294 e. The Labute approximate surface area is 120 Å². The van der Waals surface area contributed by atoms with Crippen LogP contribution in [0.4, 0.5) is 17.6 Å². The van der Waals surface area contributed by atoms with Crippen LogP contribution in [0, 0.1) is 23.3 Å². The highest BCUT2D eigenvalue weighted by Gasteiger charge is 2.21. The van der Waals surface area contributed by atoms with Gasteiger partial charge in [0.2, 0.25) is 0 Å². The summed E-state index contributed by atoms with van der Waals surface area (Å²) in [6.07, 6.45) is -0.769. The molecule has 0 heterocycles. The Kier molecular flexibility index (Phi) is 4.23. The van der Waals surface area contributed by atoms with Gasteiger partial charge in [-0.1, -0.05) is 6.07 Å². The average Bonchev–Trinajstić information content (AvgIpc) is 2.39. The predicted octanol–water partition coefficient (Wildman–Crippen LogP) is 4.43. The van der Waals surface area contributed by atoms with Crippen LogP contribution in [0.5, 0.6) is 0 Å². The second kappa shape index (κ2) is 5.75. The van der Waals surface area contributed by atoms with Gasteiger partial charge in [-0.05, 0) is 40.2 Å². The normalized spacial score (nSPS) is 10.7. The van der Waals surface area contributed by atoms with Crippen molar-refractivity contribution in [2.75, 3.05) is 0 Å². The second-order valence-corrected chi connectivity index (χ2v) is 4.87. The summed E-state index contributed by atoms with van der Waals surface area (Å²) in [4.78, 5) is 11.8. The van der Waals surface area contributed by atoms with Crippen molar-refractivity contribution in [1.82, 2.24) is 0 Å². The fraction of sp³-hybridized carbons (Fsp3) is 0.0714. The fourth-order valence-electron chi connectivity index (χ4n) is 1.74. The molecule has 0 amide bonds. The van der Waals surface area contributed by atoms with Crippen LogP contribution >= 0.6 is 15.9 Å². The highest BCUT2D eigenvalue weighted by atomic mass is 79.9. The summed E-state index contributed by atoms with van der Waals surface area (Å²) in [6.45, 7) is 0. The van der Waals surface area contributed by atoms with Crippen molar-refractivity contribution < 1.29 is 22.4 Å². The number of benzene rings is 2. The molecule has 0 saturated carbocycles. The van der Waals surface area contributed by atoms with Gasteiger partial charge in [-0.15, -0.1) is 0 Å². The van der Waals surface area contributed by atoms with Crippen molar-refractivity contribution in [3.63, 3.8) is 0 Å². The smallest absolute Gasteiger partial charge is 0.173 e. The molecule has 2 rings (SSSR count). The van der Waals surface area contributed by atoms with E-state index in [1.165, 1.54) is 0 Å². The van der Waals surface area contributed by atoms with Gasteiger partial charge in [0.05, 0.1) is 10.0 Å². The van der Waals surface area contributed by atoms with Crippen LogP contribution in [0.2, 0.25) is 0 Å². The first kappa shape index (κ1) is 14.7. The molecular weight excluding hydrogens is 340 g/mol. The van der Waals surface area contributed by atoms with Gasteiger partial charge in [0.1, 0.15) is 23.3 Å². The lowest BCUT2D eigenvalue weighted by Crippen LogP contribution is -2.11. The third-order valence-corrected chi connectivity index (χ3v) is 3.33. The van der Waals surface area contributed by atoms with Gasteiger partial charge in [0.15, 0.2) is 5.78 Å². The van der Waals surface area contributed by atoms with E-state index in [-0.39, 0.29) is 4.47 Å². The summed E-state index contributed by atoms with van der Waals surface area (Å²) < 4.78 is 54.0. The predicted molar refractivity (Wildman–Crippen MR) is 68.5 cm³/mol. The number of hydrogen-bond donors (Lipinski definition) is 0. The first-order chi connectivity index (χ1) is 9.41. The lowest BCUT2D eigenvalue weighted by atomic mass is 10.0. The summed E-state index contributed by atoms with van der Waals surface area (Å²) in [5.41, 5.74) is -1.33. The molecule has 0 unspecified atom stereocenters. The average molecular weight is 347 g/mol. The van der Waals surface area contributed by atoms with E-state index in [0.717, 1.165) is 30.3 Å². The van der Waals surface area contributed by atoms with Crippen molar-refractivity contribution in [3.8, 4) is 0 Å². The summed E-state index contributed by atoms with van der Waals surface area (Å²) in [7, 11) is 0. The number of rotatable bonds is 3. The summed E-state index contributed by atoms with van der Waals surface area (Å²) in [5.74, 6) is -5.07. The standard InChI is InChI=1S/C14H7BrF4O/c15-8-4-5-9(16)7(14(8)19)6-12(20)13-10(17)2-1-3-11(13)18/h1-5H,6H2. The number of halogens is 5. The zero-order chi connectivity index (χ0) is 14.9. The number of Topliss-reactive ketones (excluding diaryl/α,β-unsaturated/α-hetero) is 1. The van der Waals surface area contributed by atoms with Gasteiger partial charge in [-0.3, -0.25) is 4.79 Å². The lowest BCUT2D eigenvalue weighted by molar-refractivity contribution is 0.0982. The molecule has 0 aliphatic heterocycles. The molecule has 0 radical (unpaired) electrons.